The van der Waals surface area contributed by atoms with Gasteiger partial charge in [0.15, 0.2) is 11.6 Å². The Bertz CT molecular complexity index is 1010. The van der Waals surface area contributed by atoms with Gasteiger partial charge in [-0.3, -0.25) is 0 Å². The largest absolute Gasteiger partial charge is 0.368 e. The van der Waals surface area contributed by atoms with E-state index < -0.39 is 11.6 Å². The first kappa shape index (κ1) is 19.7. The van der Waals surface area contributed by atoms with Crippen molar-refractivity contribution >= 4 is 0 Å². The molecular formula is C25H23F3O. The minimum atomic E-state index is -0.847. The summed E-state index contributed by atoms with van der Waals surface area (Å²) in [5, 5.41) is 0. The van der Waals surface area contributed by atoms with Crippen LogP contribution in [0.2, 0.25) is 0 Å². The van der Waals surface area contributed by atoms with Crippen molar-refractivity contribution in [3.05, 3.63) is 94.3 Å². The third-order valence-corrected chi connectivity index (χ3v) is 5.40. The van der Waals surface area contributed by atoms with Crippen LogP contribution in [-0.4, -0.2) is 6.61 Å². The van der Waals surface area contributed by atoms with Crippen LogP contribution in [0.5, 0.6) is 0 Å². The molecule has 0 amide bonds. The standard InChI is InChI=1S/C25H23F3O/c1-2-3-17-7-11-19(22(26)14-17)10-6-16-4-8-18(9-5-16)20-12-13-21(23-15-29-23)25(28)24(20)27/h4-5,7-9,11-14,23H,2-3,6,10,15H2,1H3. The molecule has 0 radical (unpaired) electrons. The fourth-order valence-corrected chi connectivity index (χ4v) is 3.63. The van der Waals surface area contributed by atoms with Crippen molar-refractivity contribution < 1.29 is 17.9 Å². The molecule has 0 aliphatic carbocycles. The Balaban J connectivity index is 1.45. The maximum Gasteiger partial charge on any atom is 0.167 e. The Morgan fingerprint density at radius 2 is 1.55 bits per heavy atom. The van der Waals surface area contributed by atoms with Gasteiger partial charge in [0.05, 0.1) is 6.61 Å². The van der Waals surface area contributed by atoms with Crippen molar-refractivity contribution in [2.75, 3.05) is 6.61 Å². The third-order valence-electron chi connectivity index (χ3n) is 5.40. The monoisotopic (exact) mass is 396 g/mol. The molecule has 150 valence electrons. The highest BCUT2D eigenvalue weighted by Crippen LogP contribution is 2.35. The van der Waals surface area contributed by atoms with Crippen molar-refractivity contribution in [2.45, 2.75) is 38.7 Å². The molecule has 4 rings (SSSR count). The first-order valence-electron chi connectivity index (χ1n) is 10.0. The molecule has 1 atom stereocenters. The van der Waals surface area contributed by atoms with Crippen molar-refractivity contribution in [1.82, 2.24) is 0 Å². The molecule has 1 aliphatic rings. The average molecular weight is 396 g/mol. The van der Waals surface area contributed by atoms with E-state index in [1.807, 2.05) is 24.3 Å². The molecule has 1 saturated heterocycles. The molecule has 3 aromatic carbocycles. The zero-order valence-electron chi connectivity index (χ0n) is 16.4. The number of halogens is 3. The summed E-state index contributed by atoms with van der Waals surface area (Å²) in [6, 6.07) is 16.0. The summed E-state index contributed by atoms with van der Waals surface area (Å²) in [7, 11) is 0. The molecule has 29 heavy (non-hydrogen) atoms. The van der Waals surface area contributed by atoms with Gasteiger partial charge in [-0.15, -0.1) is 0 Å². The SMILES string of the molecule is CCCc1ccc(CCc2ccc(-c3ccc(C4CO4)c(F)c3F)cc2)c(F)c1. The van der Waals surface area contributed by atoms with Gasteiger partial charge in [0.25, 0.3) is 0 Å². The van der Waals surface area contributed by atoms with Gasteiger partial charge in [-0.25, -0.2) is 13.2 Å². The maximum absolute atomic E-state index is 14.5. The predicted octanol–water partition coefficient (Wildman–Crippen LogP) is 6.58. The topological polar surface area (TPSA) is 12.5 Å². The van der Waals surface area contributed by atoms with E-state index in [4.69, 9.17) is 4.74 Å². The lowest BCUT2D eigenvalue weighted by atomic mass is 9.98. The number of hydrogen-bond donors (Lipinski definition) is 0. The van der Waals surface area contributed by atoms with Gasteiger partial charge in [0.1, 0.15) is 11.9 Å². The fraction of sp³-hybridized carbons (Fsp3) is 0.280. The Morgan fingerprint density at radius 1 is 0.828 bits per heavy atom. The molecule has 0 spiro atoms. The molecule has 4 heteroatoms. The minimum absolute atomic E-state index is 0.162. The summed E-state index contributed by atoms with van der Waals surface area (Å²) in [4.78, 5) is 0. The van der Waals surface area contributed by atoms with Crippen LogP contribution in [0.15, 0.2) is 54.6 Å². The Labute approximate surface area is 169 Å². The summed E-state index contributed by atoms with van der Waals surface area (Å²) >= 11 is 0. The van der Waals surface area contributed by atoms with E-state index in [0.29, 0.717) is 30.6 Å². The second kappa shape index (κ2) is 8.42. The summed E-state index contributed by atoms with van der Waals surface area (Å²) in [5.74, 6) is -1.85. The minimum Gasteiger partial charge on any atom is -0.368 e. The summed E-state index contributed by atoms with van der Waals surface area (Å²) in [5.41, 5.74) is 3.86. The molecule has 1 nitrogen and oxygen atoms in total. The molecular weight excluding hydrogens is 373 g/mol. The van der Waals surface area contributed by atoms with Gasteiger partial charge >= 0.3 is 0 Å². The fourth-order valence-electron chi connectivity index (χ4n) is 3.63. The van der Waals surface area contributed by atoms with Crippen LogP contribution in [0, 0.1) is 17.5 Å². The van der Waals surface area contributed by atoms with Crippen LogP contribution < -0.4 is 0 Å². The van der Waals surface area contributed by atoms with Crippen LogP contribution in [-0.2, 0) is 24.0 Å². The van der Waals surface area contributed by atoms with Gasteiger partial charge in [0.2, 0.25) is 0 Å². The first-order chi connectivity index (χ1) is 14.1. The molecule has 1 heterocycles. The normalized spacial score (nSPS) is 15.5. The maximum atomic E-state index is 14.5. The molecule has 0 saturated carbocycles. The van der Waals surface area contributed by atoms with E-state index in [-0.39, 0.29) is 23.0 Å². The van der Waals surface area contributed by atoms with Gasteiger partial charge in [0, 0.05) is 11.1 Å². The highest BCUT2D eigenvalue weighted by molar-refractivity contribution is 5.65. The van der Waals surface area contributed by atoms with Crippen molar-refractivity contribution in [2.24, 2.45) is 0 Å². The Morgan fingerprint density at radius 3 is 2.21 bits per heavy atom. The zero-order chi connectivity index (χ0) is 20.4. The summed E-state index contributed by atoms with van der Waals surface area (Å²) < 4.78 is 48.0. The van der Waals surface area contributed by atoms with Gasteiger partial charge in [-0.2, -0.15) is 0 Å². The van der Waals surface area contributed by atoms with Crippen molar-refractivity contribution in [1.29, 1.82) is 0 Å². The average Bonchev–Trinajstić information content (AvgIpc) is 3.55. The molecule has 3 aromatic rings. The quantitative estimate of drug-likeness (QED) is 0.411. The molecule has 0 aromatic heterocycles. The molecule has 0 bridgehead atoms. The van der Waals surface area contributed by atoms with E-state index in [2.05, 4.69) is 6.92 Å². The molecule has 1 unspecified atom stereocenters. The van der Waals surface area contributed by atoms with Crippen LogP contribution in [0.1, 0.15) is 41.7 Å². The van der Waals surface area contributed by atoms with Gasteiger partial charge in [-0.1, -0.05) is 61.9 Å². The summed E-state index contributed by atoms with van der Waals surface area (Å²) in [6.07, 6.45) is 2.82. The second-order valence-corrected chi connectivity index (χ2v) is 7.52. The number of aryl methyl sites for hydroxylation is 3. The molecule has 1 fully saturated rings. The number of benzene rings is 3. The lowest BCUT2D eigenvalue weighted by molar-refractivity contribution is 0.401. The van der Waals surface area contributed by atoms with Crippen LogP contribution >= 0.6 is 0 Å². The number of ether oxygens (including phenoxy) is 1. The lowest BCUT2D eigenvalue weighted by Gasteiger charge is -2.09. The van der Waals surface area contributed by atoms with E-state index in [9.17, 15) is 13.2 Å². The van der Waals surface area contributed by atoms with Gasteiger partial charge < -0.3 is 4.74 Å². The zero-order valence-corrected chi connectivity index (χ0v) is 16.4. The Hall–Kier alpha value is -2.59. The predicted molar refractivity (Wildman–Crippen MR) is 108 cm³/mol. The molecule has 0 N–H and O–H groups in total. The smallest absolute Gasteiger partial charge is 0.167 e. The highest BCUT2D eigenvalue weighted by Gasteiger charge is 2.30. The van der Waals surface area contributed by atoms with Crippen LogP contribution in [0.25, 0.3) is 11.1 Å². The lowest BCUT2D eigenvalue weighted by Crippen LogP contribution is -1.98. The first-order valence-corrected chi connectivity index (χ1v) is 10.0. The Kier molecular flexibility index (Phi) is 5.72. The highest BCUT2D eigenvalue weighted by atomic mass is 19.2. The number of hydrogen-bond acceptors (Lipinski definition) is 1. The van der Waals surface area contributed by atoms with Gasteiger partial charge in [-0.05, 0) is 47.6 Å². The molecule has 1 aliphatic heterocycles. The van der Waals surface area contributed by atoms with E-state index in [1.54, 1.807) is 30.3 Å². The summed E-state index contributed by atoms with van der Waals surface area (Å²) in [6.45, 7) is 2.51. The van der Waals surface area contributed by atoms with E-state index in [0.717, 1.165) is 24.0 Å². The van der Waals surface area contributed by atoms with Crippen LogP contribution in [0.3, 0.4) is 0 Å². The van der Waals surface area contributed by atoms with Crippen molar-refractivity contribution in [3.63, 3.8) is 0 Å². The van der Waals surface area contributed by atoms with E-state index >= 15 is 0 Å². The van der Waals surface area contributed by atoms with Crippen LogP contribution in [0.4, 0.5) is 13.2 Å². The number of epoxide rings is 1. The third kappa shape index (κ3) is 4.38. The van der Waals surface area contributed by atoms with E-state index in [1.165, 1.54) is 0 Å². The number of rotatable bonds is 7. The second-order valence-electron chi connectivity index (χ2n) is 7.52. The van der Waals surface area contributed by atoms with Crippen molar-refractivity contribution in [3.8, 4) is 11.1 Å².